The topological polar surface area (TPSA) is 91.6 Å². The molecule has 34 heavy (non-hydrogen) atoms. The van der Waals surface area contributed by atoms with Crippen LogP contribution in [0.1, 0.15) is 16.7 Å². The highest BCUT2D eigenvalue weighted by atomic mass is 32.2. The molecular weight excluding hydrogens is 473 g/mol. The summed E-state index contributed by atoms with van der Waals surface area (Å²) >= 11 is 1.10. The molecule has 0 aliphatic carbocycles. The maximum absolute atomic E-state index is 13.4. The Bertz CT molecular complexity index is 1130. The molecule has 1 aliphatic heterocycles. The number of ether oxygens (including phenoxy) is 2. The van der Waals surface area contributed by atoms with Crippen molar-refractivity contribution in [2.45, 2.75) is 19.2 Å². The highest BCUT2D eigenvalue weighted by molar-refractivity contribution is 8.18. The van der Waals surface area contributed by atoms with Crippen LogP contribution in [-0.2, 0) is 11.0 Å². The van der Waals surface area contributed by atoms with E-state index in [0.717, 1.165) is 17.8 Å². The number of benzene rings is 2. The van der Waals surface area contributed by atoms with E-state index in [9.17, 15) is 23.1 Å². The number of thioether (sulfide) groups is 1. The van der Waals surface area contributed by atoms with Gasteiger partial charge in [-0.05, 0) is 54.6 Å². The van der Waals surface area contributed by atoms with Crippen molar-refractivity contribution >= 4 is 28.9 Å². The Hall–Kier alpha value is -3.02. The molecule has 0 bridgehead atoms. The first-order valence-corrected chi connectivity index (χ1v) is 10.9. The number of halogens is 3. The highest BCUT2D eigenvalue weighted by Crippen LogP contribution is 2.41. The number of carbonyl (C=O) groups excluding carboxylic acids is 1. The molecule has 3 rings (SSSR count). The SMILES string of the molecule is COc1cc(/C=C2\SC(N(C)CC(O)CO)=NC2=O)ccc1Oc1ccc(C)cc1C(F)(F)F. The van der Waals surface area contributed by atoms with E-state index >= 15 is 0 Å². The standard InChI is InChI=1S/C23H23F3N2O5S/c1-13-4-6-17(16(8-13)23(24,25)26)33-18-7-5-14(9-19(18)32-3)10-20-21(31)27-22(34-20)28(2)11-15(30)12-29/h4-10,15,29-30H,11-12H2,1-3H3/b20-10-. The average Bonchev–Trinajstić information content (AvgIpc) is 3.15. The minimum absolute atomic E-state index is 0.0825. The molecule has 0 spiro atoms. The molecule has 0 saturated heterocycles. The number of hydrogen-bond donors (Lipinski definition) is 2. The number of likely N-dealkylation sites (N-methyl/N-ethyl adjacent to an activating group) is 1. The van der Waals surface area contributed by atoms with Crippen LogP contribution in [0.15, 0.2) is 46.3 Å². The number of hydrogen-bond acceptors (Lipinski definition) is 7. The second kappa shape index (κ2) is 10.5. The summed E-state index contributed by atoms with van der Waals surface area (Å²) in [6, 6.07) is 8.36. The molecule has 0 aromatic heterocycles. The number of aryl methyl sites for hydroxylation is 1. The van der Waals surface area contributed by atoms with Crippen LogP contribution in [0.4, 0.5) is 13.2 Å². The highest BCUT2D eigenvalue weighted by Gasteiger charge is 2.35. The molecule has 1 aliphatic rings. The molecule has 2 N–H and O–H groups in total. The van der Waals surface area contributed by atoms with Crippen molar-refractivity contribution in [3.63, 3.8) is 0 Å². The van der Waals surface area contributed by atoms with E-state index in [-0.39, 0.29) is 23.8 Å². The van der Waals surface area contributed by atoms with Gasteiger partial charge in [-0.25, -0.2) is 0 Å². The normalized spacial score (nSPS) is 15.9. The number of alkyl halides is 3. The molecule has 0 fully saturated rings. The van der Waals surface area contributed by atoms with Crippen molar-refractivity contribution in [2.24, 2.45) is 4.99 Å². The van der Waals surface area contributed by atoms with E-state index < -0.39 is 30.4 Å². The first kappa shape index (κ1) is 25.6. The predicted octanol–water partition coefficient (Wildman–Crippen LogP) is 4.07. The number of amidine groups is 1. The van der Waals surface area contributed by atoms with E-state index in [1.165, 1.54) is 31.4 Å². The lowest BCUT2D eigenvalue weighted by Crippen LogP contribution is -2.33. The first-order chi connectivity index (χ1) is 16.0. The Morgan fingerprint density at radius 1 is 1.18 bits per heavy atom. The number of aliphatic hydroxyl groups is 2. The van der Waals surface area contributed by atoms with E-state index in [1.54, 1.807) is 31.0 Å². The summed E-state index contributed by atoms with van der Waals surface area (Å²) in [5.41, 5.74) is 0.105. The number of aliphatic hydroxyl groups excluding tert-OH is 2. The fourth-order valence-electron chi connectivity index (χ4n) is 3.10. The van der Waals surface area contributed by atoms with Crippen molar-refractivity contribution in [2.75, 3.05) is 27.3 Å². The number of methoxy groups -OCH3 is 1. The Balaban J connectivity index is 1.82. The van der Waals surface area contributed by atoms with Gasteiger partial charge in [0.05, 0.1) is 30.3 Å². The van der Waals surface area contributed by atoms with Gasteiger partial charge < -0.3 is 24.6 Å². The van der Waals surface area contributed by atoms with Crippen LogP contribution in [-0.4, -0.2) is 59.6 Å². The van der Waals surface area contributed by atoms with Crippen molar-refractivity contribution in [3.05, 3.63) is 58.0 Å². The fourth-order valence-corrected chi connectivity index (χ4v) is 3.98. The smallest absolute Gasteiger partial charge is 0.419 e. The molecule has 0 radical (unpaired) electrons. The molecule has 7 nitrogen and oxygen atoms in total. The van der Waals surface area contributed by atoms with Crippen molar-refractivity contribution in [1.29, 1.82) is 0 Å². The van der Waals surface area contributed by atoms with Crippen LogP contribution in [0, 0.1) is 6.92 Å². The monoisotopic (exact) mass is 496 g/mol. The van der Waals surface area contributed by atoms with Crippen LogP contribution in [0.2, 0.25) is 0 Å². The zero-order chi connectivity index (χ0) is 25.0. The van der Waals surface area contributed by atoms with E-state index in [4.69, 9.17) is 14.6 Å². The van der Waals surface area contributed by atoms with Gasteiger partial charge >= 0.3 is 6.18 Å². The van der Waals surface area contributed by atoms with Gasteiger partial charge in [0.25, 0.3) is 5.91 Å². The van der Waals surface area contributed by atoms with Crippen molar-refractivity contribution in [1.82, 2.24) is 4.90 Å². The molecular formula is C23H23F3N2O5S. The third kappa shape index (κ3) is 6.10. The number of aliphatic imine (C=N–C) groups is 1. The molecule has 11 heteroatoms. The summed E-state index contributed by atoms with van der Waals surface area (Å²) in [4.78, 5) is 18.1. The van der Waals surface area contributed by atoms with Gasteiger partial charge in [-0.2, -0.15) is 18.2 Å². The average molecular weight is 497 g/mol. The second-order valence-corrected chi connectivity index (χ2v) is 8.55. The zero-order valence-corrected chi connectivity index (χ0v) is 19.4. The fraction of sp³-hybridized carbons (Fsp3) is 0.304. The second-order valence-electron chi connectivity index (χ2n) is 7.54. The summed E-state index contributed by atoms with van der Waals surface area (Å²) in [7, 11) is 2.99. The maximum Gasteiger partial charge on any atom is 0.419 e. The molecule has 182 valence electrons. The molecule has 1 unspecified atom stereocenters. The van der Waals surface area contributed by atoms with Gasteiger partial charge in [0.2, 0.25) is 0 Å². The van der Waals surface area contributed by atoms with Crippen LogP contribution >= 0.6 is 11.8 Å². The van der Waals surface area contributed by atoms with Gasteiger partial charge in [-0.3, -0.25) is 4.79 Å². The molecule has 0 saturated carbocycles. The molecule has 1 amide bonds. The van der Waals surface area contributed by atoms with Gasteiger partial charge in [0.15, 0.2) is 16.7 Å². The third-order valence-corrected chi connectivity index (χ3v) is 5.87. The quantitative estimate of drug-likeness (QED) is 0.559. The molecule has 2 aromatic rings. The number of carbonyl (C=O) groups is 1. The van der Waals surface area contributed by atoms with E-state index in [0.29, 0.717) is 21.2 Å². The first-order valence-electron chi connectivity index (χ1n) is 10.1. The largest absolute Gasteiger partial charge is 0.493 e. The maximum atomic E-state index is 13.4. The van der Waals surface area contributed by atoms with Gasteiger partial charge in [-0.1, -0.05) is 17.7 Å². The van der Waals surface area contributed by atoms with Gasteiger partial charge in [0, 0.05) is 13.6 Å². The Labute approximate surface area is 198 Å². The Morgan fingerprint density at radius 3 is 2.53 bits per heavy atom. The van der Waals surface area contributed by atoms with Crippen LogP contribution in [0.5, 0.6) is 17.2 Å². The van der Waals surface area contributed by atoms with Crippen molar-refractivity contribution < 1.29 is 37.7 Å². The number of rotatable bonds is 7. The lowest BCUT2D eigenvalue weighted by Gasteiger charge is -2.20. The third-order valence-electron chi connectivity index (χ3n) is 4.78. The van der Waals surface area contributed by atoms with Crippen LogP contribution in [0.25, 0.3) is 6.08 Å². The van der Waals surface area contributed by atoms with E-state index in [2.05, 4.69) is 4.99 Å². The van der Waals surface area contributed by atoms with Crippen LogP contribution < -0.4 is 9.47 Å². The summed E-state index contributed by atoms with van der Waals surface area (Å²) in [5, 5.41) is 18.9. The lowest BCUT2D eigenvalue weighted by atomic mass is 10.1. The molecule has 1 heterocycles. The van der Waals surface area contributed by atoms with Crippen molar-refractivity contribution in [3.8, 4) is 17.2 Å². The minimum atomic E-state index is -4.59. The molecule has 1 atom stereocenters. The minimum Gasteiger partial charge on any atom is -0.493 e. The zero-order valence-electron chi connectivity index (χ0n) is 18.6. The van der Waals surface area contributed by atoms with Gasteiger partial charge in [-0.15, -0.1) is 0 Å². The molecule has 2 aromatic carbocycles. The van der Waals surface area contributed by atoms with Crippen LogP contribution in [0.3, 0.4) is 0 Å². The predicted molar refractivity (Wildman–Crippen MR) is 123 cm³/mol. The van der Waals surface area contributed by atoms with Gasteiger partial charge in [0.1, 0.15) is 5.75 Å². The summed E-state index contributed by atoms with van der Waals surface area (Å²) in [5.74, 6) is -0.559. The Kier molecular flexibility index (Phi) is 7.90. The summed E-state index contributed by atoms with van der Waals surface area (Å²) in [6.07, 6.45) is -3.99. The number of amides is 1. The number of nitrogens with zero attached hydrogens (tertiary/aromatic N) is 2. The Morgan fingerprint density at radius 2 is 1.88 bits per heavy atom. The lowest BCUT2D eigenvalue weighted by molar-refractivity contribution is -0.138. The summed E-state index contributed by atoms with van der Waals surface area (Å²) < 4.78 is 51.1. The van der Waals surface area contributed by atoms with E-state index in [1.807, 2.05) is 0 Å². The summed E-state index contributed by atoms with van der Waals surface area (Å²) in [6.45, 7) is 1.24.